The van der Waals surface area contributed by atoms with Crippen molar-refractivity contribution in [3.8, 4) is 0 Å². The van der Waals surface area contributed by atoms with Crippen LogP contribution in [0.25, 0.3) is 0 Å². The number of hydrogen-bond acceptors (Lipinski definition) is 4. The van der Waals surface area contributed by atoms with Crippen molar-refractivity contribution in [3.63, 3.8) is 0 Å². The minimum Gasteiger partial charge on any atom is -0.326 e. The van der Waals surface area contributed by atoms with Gasteiger partial charge in [0.1, 0.15) is 6.20 Å². The minimum atomic E-state index is -0.494. The zero-order valence-corrected chi connectivity index (χ0v) is 5.73. The average Bonchev–Trinajstić information content (AvgIpc) is 2.05. The van der Waals surface area contributed by atoms with Gasteiger partial charge in [-0.05, 0) is 5.56 Å². The van der Waals surface area contributed by atoms with E-state index in [0.717, 1.165) is 0 Å². The molecule has 0 spiro atoms. The molecule has 58 valence electrons. The Hall–Kier alpha value is -1.49. The van der Waals surface area contributed by atoms with Gasteiger partial charge >= 0.3 is 0 Å². The Morgan fingerprint density at radius 2 is 2.36 bits per heavy atom. The smallest absolute Gasteiger partial charge is 0.287 e. The molecule has 0 aliphatic rings. The summed E-state index contributed by atoms with van der Waals surface area (Å²) in [5, 5.41) is 10.2. The van der Waals surface area contributed by atoms with Crippen molar-refractivity contribution in [2.75, 3.05) is 0 Å². The van der Waals surface area contributed by atoms with E-state index < -0.39 is 4.92 Å². The number of aromatic nitrogens is 1. The molecule has 0 aliphatic carbocycles. The molecular formula is C6H7N3O2. The van der Waals surface area contributed by atoms with Crippen molar-refractivity contribution in [3.05, 3.63) is 34.1 Å². The molecule has 0 aromatic carbocycles. The fourth-order valence-electron chi connectivity index (χ4n) is 0.685. The Morgan fingerprint density at radius 3 is 2.91 bits per heavy atom. The molecule has 1 aromatic heterocycles. The molecule has 0 atom stereocenters. The van der Waals surface area contributed by atoms with Gasteiger partial charge in [-0.3, -0.25) is 15.1 Å². The second-order valence-electron chi connectivity index (χ2n) is 2.01. The summed E-state index contributed by atoms with van der Waals surface area (Å²) < 4.78 is 0. The van der Waals surface area contributed by atoms with E-state index in [9.17, 15) is 10.1 Å². The fraction of sp³-hybridized carbons (Fsp3) is 0.167. The highest BCUT2D eigenvalue weighted by Crippen LogP contribution is 2.09. The van der Waals surface area contributed by atoms with Gasteiger partial charge in [-0.1, -0.05) is 0 Å². The monoisotopic (exact) mass is 153 g/mol. The lowest BCUT2D eigenvalue weighted by Crippen LogP contribution is -1.98. The van der Waals surface area contributed by atoms with Crippen molar-refractivity contribution in [1.82, 2.24) is 4.98 Å². The predicted molar refractivity (Wildman–Crippen MR) is 38.8 cm³/mol. The molecule has 1 aromatic rings. The Labute approximate surface area is 63.0 Å². The Bertz CT molecular complexity index is 274. The third-order valence-corrected chi connectivity index (χ3v) is 1.23. The summed E-state index contributed by atoms with van der Waals surface area (Å²) in [6.07, 6.45) is 2.70. The van der Waals surface area contributed by atoms with Crippen LogP contribution >= 0.6 is 0 Å². The second-order valence-corrected chi connectivity index (χ2v) is 2.01. The van der Waals surface area contributed by atoms with Crippen molar-refractivity contribution < 1.29 is 4.92 Å². The molecule has 0 amide bonds. The van der Waals surface area contributed by atoms with Crippen molar-refractivity contribution in [1.29, 1.82) is 0 Å². The first kappa shape index (κ1) is 7.62. The first-order valence-corrected chi connectivity index (χ1v) is 3.02. The van der Waals surface area contributed by atoms with E-state index >= 15 is 0 Å². The molecule has 2 N–H and O–H groups in total. The van der Waals surface area contributed by atoms with Crippen LogP contribution in [0.1, 0.15) is 5.56 Å². The first-order chi connectivity index (χ1) is 5.24. The molecule has 0 saturated carbocycles. The first-order valence-electron chi connectivity index (χ1n) is 3.02. The van der Waals surface area contributed by atoms with E-state index in [4.69, 9.17) is 5.73 Å². The number of rotatable bonds is 2. The molecule has 0 radical (unpaired) electrons. The van der Waals surface area contributed by atoms with E-state index in [1.165, 1.54) is 18.5 Å². The normalized spacial score (nSPS) is 9.55. The third kappa shape index (κ3) is 1.71. The summed E-state index contributed by atoms with van der Waals surface area (Å²) in [7, 11) is 0. The second kappa shape index (κ2) is 3.07. The van der Waals surface area contributed by atoms with Crippen molar-refractivity contribution >= 4 is 5.69 Å². The van der Waals surface area contributed by atoms with E-state index in [2.05, 4.69) is 4.98 Å². The van der Waals surface area contributed by atoms with Crippen LogP contribution in [0.15, 0.2) is 18.5 Å². The highest BCUT2D eigenvalue weighted by molar-refractivity contribution is 5.29. The lowest BCUT2D eigenvalue weighted by molar-refractivity contribution is -0.385. The summed E-state index contributed by atoms with van der Waals surface area (Å²) in [5.41, 5.74) is 5.90. The summed E-state index contributed by atoms with van der Waals surface area (Å²) in [6, 6.07) is 1.41. The van der Waals surface area contributed by atoms with Crippen LogP contribution in [0.5, 0.6) is 0 Å². The van der Waals surface area contributed by atoms with Crippen LogP contribution in [0, 0.1) is 10.1 Å². The molecule has 11 heavy (non-hydrogen) atoms. The van der Waals surface area contributed by atoms with Crippen LogP contribution in [0.4, 0.5) is 5.69 Å². The van der Waals surface area contributed by atoms with E-state index in [-0.39, 0.29) is 12.2 Å². The van der Waals surface area contributed by atoms with Gasteiger partial charge in [0.25, 0.3) is 5.69 Å². The Kier molecular flexibility index (Phi) is 2.12. The van der Waals surface area contributed by atoms with E-state index in [0.29, 0.717) is 5.56 Å². The zero-order valence-electron chi connectivity index (χ0n) is 5.73. The molecule has 5 nitrogen and oxygen atoms in total. The third-order valence-electron chi connectivity index (χ3n) is 1.23. The molecule has 1 heterocycles. The van der Waals surface area contributed by atoms with Crippen molar-refractivity contribution in [2.45, 2.75) is 6.54 Å². The van der Waals surface area contributed by atoms with Crippen LogP contribution in [-0.2, 0) is 6.54 Å². The summed E-state index contributed by atoms with van der Waals surface area (Å²) >= 11 is 0. The summed E-state index contributed by atoms with van der Waals surface area (Å²) in [4.78, 5) is 13.4. The maximum atomic E-state index is 10.2. The maximum Gasteiger partial charge on any atom is 0.287 e. The van der Waals surface area contributed by atoms with Gasteiger partial charge in [0.05, 0.1) is 4.92 Å². The van der Waals surface area contributed by atoms with E-state index in [1.54, 1.807) is 0 Å². The molecule has 5 heteroatoms. The number of nitro groups is 1. The van der Waals surface area contributed by atoms with Gasteiger partial charge in [0.2, 0.25) is 0 Å². The van der Waals surface area contributed by atoms with Gasteiger partial charge in [-0.2, -0.15) is 0 Å². The topological polar surface area (TPSA) is 82.0 Å². The maximum absolute atomic E-state index is 10.2. The molecular weight excluding hydrogens is 146 g/mol. The van der Waals surface area contributed by atoms with Gasteiger partial charge in [0.15, 0.2) is 0 Å². The summed E-state index contributed by atoms with van der Waals surface area (Å²) in [6.45, 7) is 0.272. The van der Waals surface area contributed by atoms with Gasteiger partial charge < -0.3 is 5.73 Å². The predicted octanol–water partition coefficient (Wildman–Crippen LogP) is 0.448. The molecule has 0 fully saturated rings. The average molecular weight is 153 g/mol. The SMILES string of the molecule is NCc1cncc([N+](=O)[O-])c1. The number of hydrogen-bond donors (Lipinski definition) is 1. The van der Waals surface area contributed by atoms with Crippen LogP contribution in [0.3, 0.4) is 0 Å². The van der Waals surface area contributed by atoms with Crippen LogP contribution < -0.4 is 5.73 Å². The molecule has 0 unspecified atom stereocenters. The number of nitrogens with two attached hydrogens (primary N) is 1. The van der Waals surface area contributed by atoms with Gasteiger partial charge in [-0.15, -0.1) is 0 Å². The summed E-state index contributed by atoms with van der Waals surface area (Å²) in [5.74, 6) is 0. The molecule has 0 saturated heterocycles. The number of pyridine rings is 1. The van der Waals surface area contributed by atoms with Crippen molar-refractivity contribution in [2.24, 2.45) is 5.73 Å². The molecule has 0 aliphatic heterocycles. The molecule has 0 bridgehead atoms. The quantitative estimate of drug-likeness (QED) is 0.494. The zero-order chi connectivity index (χ0) is 8.27. The standard InChI is InChI=1S/C6H7N3O2/c7-2-5-1-6(9(10)11)4-8-3-5/h1,3-4H,2,7H2. The molecule has 1 rings (SSSR count). The van der Waals surface area contributed by atoms with E-state index in [1.807, 2.05) is 0 Å². The minimum absolute atomic E-state index is 0.0204. The van der Waals surface area contributed by atoms with Crippen LogP contribution in [0.2, 0.25) is 0 Å². The number of nitrogens with zero attached hydrogens (tertiary/aromatic N) is 2. The Balaban J connectivity index is 3.01. The highest BCUT2D eigenvalue weighted by atomic mass is 16.6. The van der Waals surface area contributed by atoms with Gasteiger partial charge in [-0.25, -0.2) is 0 Å². The highest BCUT2D eigenvalue weighted by Gasteiger charge is 2.04. The lowest BCUT2D eigenvalue weighted by Gasteiger charge is -1.93. The van der Waals surface area contributed by atoms with Gasteiger partial charge in [0, 0.05) is 18.8 Å². The fourth-order valence-corrected chi connectivity index (χ4v) is 0.685. The van der Waals surface area contributed by atoms with Crippen LogP contribution in [-0.4, -0.2) is 9.91 Å². The largest absolute Gasteiger partial charge is 0.326 e. The lowest BCUT2D eigenvalue weighted by atomic mass is 10.3. The Morgan fingerprint density at radius 1 is 1.64 bits per heavy atom.